The van der Waals surface area contributed by atoms with Gasteiger partial charge in [-0.15, -0.1) is 21.5 Å². The Morgan fingerprint density at radius 3 is 3.11 bits per heavy atom. The molecule has 1 aliphatic heterocycles. The zero-order chi connectivity index (χ0) is 13.4. The number of aryl methyl sites for hydroxylation is 1. The van der Waals surface area contributed by atoms with E-state index in [2.05, 4.69) is 20.1 Å². The summed E-state index contributed by atoms with van der Waals surface area (Å²) >= 11 is 1.50. The molecule has 1 aliphatic rings. The Balaban J connectivity index is 1.86. The molecule has 0 N–H and O–H groups in total. The van der Waals surface area contributed by atoms with Crippen LogP contribution in [0.2, 0.25) is 0 Å². The van der Waals surface area contributed by atoms with Crippen LogP contribution in [0.25, 0.3) is 0 Å². The van der Waals surface area contributed by atoms with Crippen LogP contribution in [0.1, 0.15) is 21.2 Å². The minimum Gasteiger partial charge on any atom is -0.464 e. The maximum atomic E-state index is 11.6. The largest absolute Gasteiger partial charge is 0.464 e. The summed E-state index contributed by atoms with van der Waals surface area (Å²) in [6.07, 6.45) is 1.74. The Morgan fingerprint density at radius 1 is 1.47 bits per heavy atom. The zero-order valence-corrected chi connectivity index (χ0v) is 11.5. The number of hydrogen-bond acceptors (Lipinski definition) is 7. The van der Waals surface area contributed by atoms with Crippen LogP contribution in [-0.4, -0.2) is 39.4 Å². The highest BCUT2D eigenvalue weighted by Crippen LogP contribution is 2.28. The van der Waals surface area contributed by atoms with Crippen LogP contribution >= 0.6 is 11.3 Å². The summed E-state index contributed by atoms with van der Waals surface area (Å²) < 4.78 is 6.75. The highest BCUT2D eigenvalue weighted by Gasteiger charge is 2.23. The molecule has 2 aromatic heterocycles. The summed E-state index contributed by atoms with van der Waals surface area (Å²) in [7, 11) is 1.37. The van der Waals surface area contributed by atoms with Crippen LogP contribution in [0.5, 0.6) is 0 Å². The lowest BCUT2D eigenvalue weighted by Crippen LogP contribution is -2.33. The summed E-state index contributed by atoms with van der Waals surface area (Å²) in [5.74, 6) is 0.527. The molecule has 0 unspecified atom stereocenters. The summed E-state index contributed by atoms with van der Waals surface area (Å²) in [4.78, 5) is 18.9. The van der Waals surface area contributed by atoms with Crippen molar-refractivity contribution in [2.75, 3.05) is 18.6 Å². The van der Waals surface area contributed by atoms with Gasteiger partial charge in [-0.25, -0.2) is 9.78 Å². The van der Waals surface area contributed by atoms with E-state index in [0.29, 0.717) is 12.2 Å². The third kappa shape index (κ3) is 2.07. The maximum absolute atomic E-state index is 11.6. The summed E-state index contributed by atoms with van der Waals surface area (Å²) in [5.41, 5.74) is 0.398. The standard InChI is InChI=1S/C11H13N5O2S/c1-7-9(10(17)18-2)13-11(19-7)15-3-4-16-6-12-14-8(16)5-15/h6H,3-5H2,1-2H3. The first kappa shape index (κ1) is 12.1. The summed E-state index contributed by atoms with van der Waals surface area (Å²) in [6.45, 7) is 4.19. The second-order valence-electron chi connectivity index (χ2n) is 4.25. The number of nitrogens with zero attached hydrogens (tertiary/aromatic N) is 5. The molecule has 0 aliphatic carbocycles. The molecule has 3 rings (SSSR count). The molecule has 0 spiro atoms. The van der Waals surface area contributed by atoms with E-state index in [1.165, 1.54) is 18.4 Å². The van der Waals surface area contributed by atoms with Crippen LogP contribution in [0.3, 0.4) is 0 Å². The van der Waals surface area contributed by atoms with Gasteiger partial charge in [0.25, 0.3) is 0 Å². The Hall–Kier alpha value is -1.96. The Morgan fingerprint density at radius 2 is 2.32 bits per heavy atom. The molecular weight excluding hydrogens is 266 g/mol. The number of thiazole rings is 1. The normalized spacial score (nSPS) is 14.3. The maximum Gasteiger partial charge on any atom is 0.357 e. The minimum atomic E-state index is -0.389. The van der Waals surface area contributed by atoms with Crippen molar-refractivity contribution in [3.8, 4) is 0 Å². The van der Waals surface area contributed by atoms with E-state index < -0.39 is 0 Å². The Labute approximate surface area is 113 Å². The fraction of sp³-hybridized carbons (Fsp3) is 0.455. The average Bonchev–Trinajstić information content (AvgIpc) is 3.03. The first-order valence-electron chi connectivity index (χ1n) is 5.86. The van der Waals surface area contributed by atoms with Gasteiger partial charge < -0.3 is 14.2 Å². The van der Waals surface area contributed by atoms with Gasteiger partial charge in [0.15, 0.2) is 16.6 Å². The molecule has 0 atom stereocenters. The number of esters is 1. The van der Waals surface area contributed by atoms with Crippen molar-refractivity contribution in [1.29, 1.82) is 0 Å². The van der Waals surface area contributed by atoms with Gasteiger partial charge in [-0.1, -0.05) is 0 Å². The fourth-order valence-corrected chi connectivity index (χ4v) is 2.95. The van der Waals surface area contributed by atoms with Gasteiger partial charge >= 0.3 is 5.97 Å². The quantitative estimate of drug-likeness (QED) is 0.759. The van der Waals surface area contributed by atoms with Gasteiger partial charge in [-0.3, -0.25) is 0 Å². The Bertz CT molecular complexity index is 620. The predicted molar refractivity (Wildman–Crippen MR) is 69.3 cm³/mol. The van der Waals surface area contributed by atoms with Crippen molar-refractivity contribution in [3.63, 3.8) is 0 Å². The fourth-order valence-electron chi connectivity index (χ4n) is 2.03. The highest BCUT2D eigenvalue weighted by molar-refractivity contribution is 7.15. The molecule has 2 aromatic rings. The highest BCUT2D eigenvalue weighted by atomic mass is 32.1. The smallest absolute Gasteiger partial charge is 0.357 e. The van der Waals surface area contributed by atoms with Gasteiger partial charge in [0.05, 0.1) is 13.7 Å². The van der Waals surface area contributed by atoms with Crippen molar-refractivity contribution in [2.45, 2.75) is 20.0 Å². The molecule has 0 bridgehead atoms. The molecule has 0 saturated heterocycles. The molecule has 0 amide bonds. The van der Waals surface area contributed by atoms with Gasteiger partial charge in [0.1, 0.15) is 6.33 Å². The van der Waals surface area contributed by atoms with Crippen LogP contribution in [0.15, 0.2) is 6.33 Å². The lowest BCUT2D eigenvalue weighted by molar-refractivity contribution is 0.0594. The first-order chi connectivity index (χ1) is 9.19. The van der Waals surface area contributed by atoms with Crippen molar-refractivity contribution < 1.29 is 9.53 Å². The summed E-state index contributed by atoms with van der Waals surface area (Å²) in [6, 6.07) is 0. The third-order valence-electron chi connectivity index (χ3n) is 3.07. The van der Waals surface area contributed by atoms with E-state index in [1.54, 1.807) is 6.33 Å². The minimum absolute atomic E-state index is 0.389. The molecule has 0 fully saturated rings. The molecule has 3 heterocycles. The molecule has 0 aromatic carbocycles. The Kier molecular flexibility index (Phi) is 2.94. The van der Waals surface area contributed by atoms with E-state index in [9.17, 15) is 4.79 Å². The molecule has 100 valence electrons. The topological polar surface area (TPSA) is 73.1 Å². The number of rotatable bonds is 2. The number of aromatic nitrogens is 4. The van der Waals surface area contributed by atoms with Gasteiger partial charge in [-0.05, 0) is 6.92 Å². The predicted octanol–water partition coefficient (Wildman–Crippen LogP) is 0.850. The lowest BCUT2D eigenvalue weighted by Gasteiger charge is -2.26. The number of fused-ring (bicyclic) bond motifs is 1. The number of hydrogen-bond donors (Lipinski definition) is 0. The second-order valence-corrected chi connectivity index (χ2v) is 5.44. The molecule has 19 heavy (non-hydrogen) atoms. The van der Waals surface area contributed by atoms with Crippen LogP contribution in [-0.2, 0) is 17.8 Å². The van der Waals surface area contributed by atoms with Crippen LogP contribution in [0.4, 0.5) is 5.13 Å². The number of ether oxygens (including phenoxy) is 1. The second kappa shape index (κ2) is 4.61. The molecule has 0 saturated carbocycles. The molecule has 7 nitrogen and oxygen atoms in total. The van der Waals surface area contributed by atoms with E-state index in [1.807, 2.05) is 11.5 Å². The number of carbonyl (C=O) groups excluding carboxylic acids is 1. The lowest BCUT2D eigenvalue weighted by atomic mass is 10.4. The van der Waals surface area contributed by atoms with E-state index in [0.717, 1.165) is 28.9 Å². The van der Waals surface area contributed by atoms with Crippen molar-refractivity contribution in [3.05, 3.63) is 22.7 Å². The average molecular weight is 279 g/mol. The van der Waals surface area contributed by atoms with Crippen LogP contribution in [0, 0.1) is 6.92 Å². The third-order valence-corrected chi connectivity index (χ3v) is 4.10. The van der Waals surface area contributed by atoms with E-state index >= 15 is 0 Å². The molecular formula is C11H13N5O2S. The number of anilines is 1. The van der Waals surface area contributed by atoms with Gasteiger partial charge in [0.2, 0.25) is 0 Å². The molecule has 0 radical (unpaired) electrons. The van der Waals surface area contributed by atoms with E-state index in [4.69, 9.17) is 4.74 Å². The van der Waals surface area contributed by atoms with Crippen LogP contribution < -0.4 is 4.90 Å². The zero-order valence-electron chi connectivity index (χ0n) is 10.7. The van der Waals surface area contributed by atoms with Crippen molar-refractivity contribution in [1.82, 2.24) is 19.7 Å². The first-order valence-corrected chi connectivity index (χ1v) is 6.68. The molecule has 8 heteroatoms. The number of carbonyl (C=O) groups is 1. The van der Waals surface area contributed by atoms with Gasteiger partial charge in [0, 0.05) is 18.0 Å². The SMILES string of the molecule is COC(=O)c1nc(N2CCn3cnnc3C2)sc1C. The van der Waals surface area contributed by atoms with Gasteiger partial charge in [-0.2, -0.15) is 0 Å². The van der Waals surface area contributed by atoms with Crippen molar-refractivity contribution >= 4 is 22.4 Å². The monoisotopic (exact) mass is 279 g/mol. The summed E-state index contributed by atoms with van der Waals surface area (Å²) in [5, 5.41) is 8.79. The number of methoxy groups -OCH3 is 1. The van der Waals surface area contributed by atoms with Crippen molar-refractivity contribution in [2.24, 2.45) is 0 Å². The van der Waals surface area contributed by atoms with E-state index in [-0.39, 0.29) is 5.97 Å².